The molecule has 0 spiro atoms. The van der Waals surface area contributed by atoms with E-state index in [1.54, 1.807) is 6.92 Å². The van der Waals surface area contributed by atoms with E-state index in [-0.39, 0.29) is 12.3 Å². The molecule has 0 aromatic heterocycles. The molecule has 0 radical (unpaired) electrons. The van der Waals surface area contributed by atoms with Gasteiger partial charge in [0.25, 0.3) is 0 Å². The summed E-state index contributed by atoms with van der Waals surface area (Å²) in [5.74, 6) is -1.37. The second-order valence-corrected chi connectivity index (χ2v) is 7.66. The van der Waals surface area contributed by atoms with Gasteiger partial charge in [-0.05, 0) is 30.0 Å². The topological polar surface area (TPSA) is 79.2 Å². The van der Waals surface area contributed by atoms with E-state index in [0.29, 0.717) is 0 Å². The van der Waals surface area contributed by atoms with E-state index >= 15 is 0 Å². The minimum Gasteiger partial charge on any atom is -0.467 e. The molecule has 5 nitrogen and oxygen atoms in total. The van der Waals surface area contributed by atoms with Crippen molar-refractivity contribution in [1.82, 2.24) is 5.32 Å². The van der Waals surface area contributed by atoms with Crippen LogP contribution in [0.15, 0.2) is 91.0 Å². The molecular formula is C27H26N2O3. The normalized spacial score (nSPS) is 12.8. The van der Waals surface area contributed by atoms with Crippen LogP contribution in [0.4, 0.5) is 0 Å². The Kier molecular flexibility index (Phi) is 7.41. The highest BCUT2D eigenvalue weighted by Gasteiger charge is 2.45. The van der Waals surface area contributed by atoms with Crippen LogP contribution in [0.25, 0.3) is 0 Å². The van der Waals surface area contributed by atoms with Crippen molar-refractivity contribution in [1.29, 1.82) is 5.26 Å². The van der Waals surface area contributed by atoms with Crippen LogP contribution in [-0.4, -0.2) is 25.0 Å². The van der Waals surface area contributed by atoms with Crippen molar-refractivity contribution in [3.05, 3.63) is 108 Å². The molecular weight excluding hydrogens is 400 g/mol. The van der Waals surface area contributed by atoms with E-state index in [2.05, 4.69) is 11.4 Å². The third-order valence-corrected chi connectivity index (χ3v) is 5.56. The lowest BCUT2D eigenvalue weighted by Gasteiger charge is -2.35. The van der Waals surface area contributed by atoms with Gasteiger partial charge in [-0.1, -0.05) is 91.0 Å². The predicted octanol–water partition coefficient (Wildman–Crippen LogP) is 4.23. The van der Waals surface area contributed by atoms with Crippen molar-refractivity contribution in [2.24, 2.45) is 5.92 Å². The van der Waals surface area contributed by atoms with Crippen molar-refractivity contribution >= 4 is 11.9 Å². The highest BCUT2D eigenvalue weighted by molar-refractivity contribution is 5.98. The molecule has 0 unspecified atom stereocenters. The first kappa shape index (κ1) is 22.8. The molecule has 0 bridgehead atoms. The minimum atomic E-state index is -1.20. The molecule has 0 saturated heterocycles. The highest BCUT2D eigenvalue weighted by Crippen LogP contribution is 2.39. The van der Waals surface area contributed by atoms with Gasteiger partial charge in [-0.3, -0.25) is 4.79 Å². The smallest absolute Gasteiger partial charge is 0.328 e. The molecule has 2 atom stereocenters. The highest BCUT2D eigenvalue weighted by atomic mass is 16.5. The van der Waals surface area contributed by atoms with Crippen molar-refractivity contribution in [3.63, 3.8) is 0 Å². The fourth-order valence-electron chi connectivity index (χ4n) is 3.99. The number of rotatable bonds is 8. The number of hydrogen-bond acceptors (Lipinski definition) is 4. The lowest BCUT2D eigenvalue weighted by molar-refractivity contribution is -0.145. The lowest BCUT2D eigenvalue weighted by atomic mass is 9.68. The van der Waals surface area contributed by atoms with Gasteiger partial charge in [0.1, 0.15) is 11.5 Å². The average Bonchev–Trinajstić information content (AvgIpc) is 2.85. The van der Waals surface area contributed by atoms with Crippen molar-refractivity contribution in [2.75, 3.05) is 7.11 Å². The van der Waals surface area contributed by atoms with Gasteiger partial charge in [0.15, 0.2) is 0 Å². The van der Waals surface area contributed by atoms with Gasteiger partial charge >= 0.3 is 5.97 Å². The molecule has 1 amide bonds. The second kappa shape index (κ2) is 10.4. The van der Waals surface area contributed by atoms with Crippen LogP contribution in [-0.2, 0) is 19.7 Å². The third-order valence-electron chi connectivity index (χ3n) is 5.56. The molecule has 3 rings (SSSR count). The SMILES string of the molecule is COC(=O)[C@@H](C[C@H](C)C#N)NC(=O)C(c1ccccc1)(c1ccccc1)c1ccccc1. The summed E-state index contributed by atoms with van der Waals surface area (Å²) >= 11 is 0. The number of carbonyl (C=O) groups is 2. The zero-order valence-electron chi connectivity index (χ0n) is 18.2. The Labute approximate surface area is 188 Å². The van der Waals surface area contributed by atoms with Crippen LogP contribution < -0.4 is 5.32 Å². The summed E-state index contributed by atoms with van der Waals surface area (Å²) in [6, 6.07) is 29.6. The van der Waals surface area contributed by atoms with Gasteiger partial charge in [-0.15, -0.1) is 0 Å². The molecule has 1 N–H and O–H groups in total. The Morgan fingerprint density at radius 2 is 1.28 bits per heavy atom. The summed E-state index contributed by atoms with van der Waals surface area (Å²) < 4.78 is 4.93. The summed E-state index contributed by atoms with van der Waals surface area (Å²) in [5.41, 5.74) is 1.11. The summed E-state index contributed by atoms with van der Waals surface area (Å²) in [7, 11) is 1.28. The maximum absolute atomic E-state index is 14.2. The Balaban J connectivity index is 2.21. The van der Waals surface area contributed by atoms with E-state index in [0.717, 1.165) is 16.7 Å². The number of carbonyl (C=O) groups excluding carboxylic acids is 2. The summed E-state index contributed by atoms with van der Waals surface area (Å²) in [6.07, 6.45) is 0.156. The number of nitrogens with one attached hydrogen (secondary N) is 1. The Morgan fingerprint density at radius 3 is 1.62 bits per heavy atom. The van der Waals surface area contributed by atoms with Gasteiger partial charge in [0.05, 0.1) is 13.2 Å². The van der Waals surface area contributed by atoms with Gasteiger partial charge in [-0.25, -0.2) is 4.79 Å². The fraction of sp³-hybridized carbons (Fsp3) is 0.222. The Hall–Kier alpha value is -3.91. The summed E-state index contributed by atoms with van der Waals surface area (Å²) in [6.45, 7) is 1.71. The molecule has 5 heteroatoms. The molecule has 0 heterocycles. The van der Waals surface area contributed by atoms with Crippen LogP contribution in [0.5, 0.6) is 0 Å². The van der Waals surface area contributed by atoms with E-state index in [1.807, 2.05) is 91.0 Å². The number of methoxy groups -OCH3 is 1. The number of amides is 1. The van der Waals surface area contributed by atoms with Crippen molar-refractivity contribution in [3.8, 4) is 6.07 Å². The molecule has 32 heavy (non-hydrogen) atoms. The molecule has 162 valence electrons. The number of hydrogen-bond donors (Lipinski definition) is 1. The number of benzene rings is 3. The van der Waals surface area contributed by atoms with Crippen LogP contribution in [0, 0.1) is 17.2 Å². The lowest BCUT2D eigenvalue weighted by Crippen LogP contribution is -2.52. The van der Waals surface area contributed by atoms with Crippen LogP contribution in [0.2, 0.25) is 0 Å². The molecule has 3 aromatic rings. The molecule has 3 aromatic carbocycles. The van der Waals surface area contributed by atoms with E-state index in [1.165, 1.54) is 7.11 Å². The van der Waals surface area contributed by atoms with Crippen LogP contribution in [0.3, 0.4) is 0 Å². The first-order valence-electron chi connectivity index (χ1n) is 10.5. The number of nitriles is 1. The predicted molar refractivity (Wildman–Crippen MR) is 123 cm³/mol. The standard InChI is InChI=1S/C27H26N2O3/c1-20(19-28)18-24(25(30)32-2)29-26(31)27(21-12-6-3-7-13-21,22-14-8-4-9-15-22)23-16-10-5-11-17-23/h3-17,20,24H,18H2,1-2H3,(H,29,31)/t20-,24+/m0/s1. The third kappa shape index (κ3) is 4.55. The van der Waals surface area contributed by atoms with Gasteiger partial charge in [-0.2, -0.15) is 5.26 Å². The monoisotopic (exact) mass is 426 g/mol. The van der Waals surface area contributed by atoms with Gasteiger partial charge in [0.2, 0.25) is 5.91 Å². The Morgan fingerprint density at radius 1 is 0.875 bits per heavy atom. The Bertz CT molecular complexity index is 979. The quantitative estimate of drug-likeness (QED) is 0.432. The number of esters is 1. The maximum atomic E-state index is 14.2. The molecule has 0 saturated carbocycles. The molecule has 0 aliphatic rings. The van der Waals surface area contributed by atoms with Crippen LogP contribution in [0.1, 0.15) is 30.0 Å². The van der Waals surface area contributed by atoms with E-state index in [4.69, 9.17) is 4.74 Å². The van der Waals surface area contributed by atoms with E-state index in [9.17, 15) is 14.9 Å². The van der Waals surface area contributed by atoms with Gasteiger partial charge in [0, 0.05) is 5.92 Å². The molecule has 0 fully saturated rings. The number of nitrogens with zero attached hydrogens (tertiary/aromatic N) is 1. The van der Waals surface area contributed by atoms with Crippen LogP contribution >= 0.6 is 0 Å². The average molecular weight is 427 g/mol. The van der Waals surface area contributed by atoms with Crippen molar-refractivity contribution in [2.45, 2.75) is 24.8 Å². The first-order chi connectivity index (χ1) is 15.5. The maximum Gasteiger partial charge on any atom is 0.328 e. The zero-order chi connectivity index (χ0) is 23.0. The first-order valence-corrected chi connectivity index (χ1v) is 10.5. The number of ether oxygens (including phenoxy) is 1. The largest absolute Gasteiger partial charge is 0.467 e. The summed E-state index contributed by atoms with van der Waals surface area (Å²) in [5, 5.41) is 12.2. The second-order valence-electron chi connectivity index (χ2n) is 7.66. The van der Waals surface area contributed by atoms with Gasteiger partial charge < -0.3 is 10.1 Å². The zero-order valence-corrected chi connectivity index (χ0v) is 18.2. The summed E-state index contributed by atoms with van der Waals surface area (Å²) in [4.78, 5) is 26.7. The minimum absolute atomic E-state index is 0.156. The van der Waals surface area contributed by atoms with Crippen molar-refractivity contribution < 1.29 is 14.3 Å². The molecule has 0 aliphatic carbocycles. The molecule has 0 aliphatic heterocycles. The fourth-order valence-corrected chi connectivity index (χ4v) is 3.99. The van der Waals surface area contributed by atoms with E-state index < -0.39 is 23.3 Å².